The largest absolute Gasteiger partial charge is 0.493 e. The molecule has 0 aliphatic rings. The lowest BCUT2D eigenvalue weighted by Crippen LogP contribution is -2.21. The van der Waals surface area contributed by atoms with Crippen LogP contribution in [0.2, 0.25) is 0 Å². The summed E-state index contributed by atoms with van der Waals surface area (Å²) in [6.07, 6.45) is 4.17. The van der Waals surface area contributed by atoms with Crippen LogP contribution in [-0.4, -0.2) is 43.4 Å². The minimum absolute atomic E-state index is 0.00562. The van der Waals surface area contributed by atoms with E-state index in [0.29, 0.717) is 22.8 Å². The molecule has 0 fully saturated rings. The molecule has 0 bridgehead atoms. The molecule has 0 aliphatic heterocycles. The summed E-state index contributed by atoms with van der Waals surface area (Å²) in [5, 5.41) is 3.87. The molecule has 1 aromatic carbocycles. The van der Waals surface area contributed by atoms with Gasteiger partial charge in [-0.3, -0.25) is 4.79 Å². The van der Waals surface area contributed by atoms with Gasteiger partial charge in [0.25, 0.3) is 5.91 Å². The molecule has 2 aromatic rings. The van der Waals surface area contributed by atoms with Crippen molar-refractivity contribution in [1.29, 1.82) is 0 Å². The molecule has 0 saturated carbocycles. The number of hydrogen-bond donors (Lipinski definition) is 2. The summed E-state index contributed by atoms with van der Waals surface area (Å²) in [5.74, 6) is 0.815. The van der Waals surface area contributed by atoms with Crippen LogP contribution in [0.5, 0.6) is 17.2 Å². The summed E-state index contributed by atoms with van der Waals surface area (Å²) in [7, 11) is 4.52. The Bertz CT molecular complexity index is 764. The van der Waals surface area contributed by atoms with Crippen molar-refractivity contribution in [2.75, 3.05) is 27.1 Å². The fourth-order valence-electron chi connectivity index (χ4n) is 1.96. The molecular formula is C15H17N5O4. The number of ether oxygens (including phenoxy) is 3. The average Bonchev–Trinajstić information content (AvgIpc) is 2.61. The Balaban J connectivity index is 2.20. The van der Waals surface area contributed by atoms with E-state index in [9.17, 15) is 4.79 Å². The molecule has 24 heavy (non-hydrogen) atoms. The normalized spacial score (nSPS) is 10.5. The first-order valence-corrected chi connectivity index (χ1v) is 6.81. The molecular weight excluding hydrogens is 314 g/mol. The van der Waals surface area contributed by atoms with Crippen LogP contribution in [-0.2, 0) is 0 Å². The fraction of sp³-hybridized carbons (Fsp3) is 0.200. The summed E-state index contributed by atoms with van der Waals surface area (Å²) in [5.41, 5.74) is 8.49. The molecule has 9 heteroatoms. The van der Waals surface area contributed by atoms with Gasteiger partial charge in [-0.2, -0.15) is 5.10 Å². The van der Waals surface area contributed by atoms with Crippen molar-refractivity contribution in [3.05, 3.63) is 35.8 Å². The number of carbonyl (C=O) groups is 1. The van der Waals surface area contributed by atoms with Crippen molar-refractivity contribution in [2.45, 2.75) is 0 Å². The Labute approximate surface area is 138 Å². The Hall–Kier alpha value is -3.36. The van der Waals surface area contributed by atoms with Gasteiger partial charge in [-0.1, -0.05) is 0 Å². The maximum Gasteiger partial charge on any atom is 0.293 e. The van der Waals surface area contributed by atoms with Crippen LogP contribution in [0.1, 0.15) is 16.1 Å². The number of carbonyl (C=O) groups excluding carboxylic acids is 1. The third-order valence-electron chi connectivity index (χ3n) is 3.05. The average molecular weight is 331 g/mol. The van der Waals surface area contributed by atoms with Gasteiger partial charge in [0.15, 0.2) is 23.0 Å². The second kappa shape index (κ2) is 7.77. The predicted octanol–water partition coefficient (Wildman–Crippen LogP) is 0.849. The van der Waals surface area contributed by atoms with E-state index in [-0.39, 0.29) is 11.5 Å². The van der Waals surface area contributed by atoms with Crippen LogP contribution in [0, 0.1) is 0 Å². The smallest absolute Gasteiger partial charge is 0.293 e. The zero-order valence-corrected chi connectivity index (χ0v) is 13.4. The third kappa shape index (κ3) is 3.51. The van der Waals surface area contributed by atoms with Gasteiger partial charge in [-0.25, -0.2) is 15.4 Å². The molecule has 1 amide bonds. The van der Waals surface area contributed by atoms with Crippen LogP contribution >= 0.6 is 0 Å². The molecule has 9 nitrogen and oxygen atoms in total. The number of nitrogen functional groups attached to an aromatic ring is 1. The van der Waals surface area contributed by atoms with Crippen molar-refractivity contribution in [1.82, 2.24) is 15.4 Å². The minimum Gasteiger partial charge on any atom is -0.493 e. The van der Waals surface area contributed by atoms with Crippen molar-refractivity contribution >= 4 is 17.9 Å². The summed E-state index contributed by atoms with van der Waals surface area (Å²) in [6.45, 7) is 0. The highest BCUT2D eigenvalue weighted by Crippen LogP contribution is 2.38. The summed E-state index contributed by atoms with van der Waals surface area (Å²) >= 11 is 0. The van der Waals surface area contributed by atoms with E-state index in [1.807, 2.05) is 0 Å². The highest BCUT2D eigenvalue weighted by molar-refractivity contribution is 5.97. The standard InChI is InChI=1S/C15H17N5O4/c1-22-10-5-4-9(12(23-2)13(10)24-3)8-19-20-15(21)11-14(16)18-7-6-17-11/h4-8H,1-3H3,(H2,16,18)(H,20,21). The van der Waals surface area contributed by atoms with Crippen molar-refractivity contribution < 1.29 is 19.0 Å². The monoisotopic (exact) mass is 331 g/mol. The molecule has 0 radical (unpaired) electrons. The van der Waals surface area contributed by atoms with Crippen LogP contribution in [0.25, 0.3) is 0 Å². The highest BCUT2D eigenvalue weighted by Gasteiger charge is 2.15. The van der Waals surface area contributed by atoms with Gasteiger partial charge < -0.3 is 19.9 Å². The zero-order chi connectivity index (χ0) is 17.5. The number of rotatable bonds is 6. The zero-order valence-electron chi connectivity index (χ0n) is 13.4. The number of nitrogens with two attached hydrogens (primary N) is 1. The molecule has 0 saturated heterocycles. The molecule has 1 aromatic heterocycles. The Morgan fingerprint density at radius 1 is 1.12 bits per heavy atom. The molecule has 126 valence electrons. The van der Waals surface area contributed by atoms with Crippen molar-refractivity contribution in [3.8, 4) is 17.2 Å². The Morgan fingerprint density at radius 3 is 2.46 bits per heavy atom. The lowest BCUT2D eigenvalue weighted by Gasteiger charge is -2.13. The molecule has 2 rings (SSSR count). The van der Waals surface area contributed by atoms with Gasteiger partial charge in [0, 0.05) is 18.0 Å². The van der Waals surface area contributed by atoms with Crippen molar-refractivity contribution in [3.63, 3.8) is 0 Å². The summed E-state index contributed by atoms with van der Waals surface area (Å²) in [4.78, 5) is 19.6. The summed E-state index contributed by atoms with van der Waals surface area (Å²) in [6, 6.07) is 3.41. The summed E-state index contributed by atoms with van der Waals surface area (Å²) < 4.78 is 15.8. The lowest BCUT2D eigenvalue weighted by atomic mass is 10.2. The molecule has 0 aliphatic carbocycles. The molecule has 3 N–H and O–H groups in total. The van der Waals surface area contributed by atoms with Gasteiger partial charge in [0.05, 0.1) is 27.5 Å². The van der Waals surface area contributed by atoms with E-state index in [0.717, 1.165) is 0 Å². The van der Waals surface area contributed by atoms with Gasteiger partial charge in [0.2, 0.25) is 5.75 Å². The lowest BCUT2D eigenvalue weighted by molar-refractivity contribution is 0.0951. The number of nitrogens with zero attached hydrogens (tertiary/aromatic N) is 3. The number of hydrogen-bond acceptors (Lipinski definition) is 8. The molecule has 0 atom stereocenters. The predicted molar refractivity (Wildman–Crippen MR) is 87.6 cm³/mol. The second-order valence-electron chi connectivity index (χ2n) is 4.41. The SMILES string of the molecule is COc1ccc(C=NNC(=O)c2nccnc2N)c(OC)c1OC. The quantitative estimate of drug-likeness (QED) is 0.594. The Morgan fingerprint density at radius 2 is 1.83 bits per heavy atom. The van der Waals surface area contributed by atoms with Gasteiger partial charge >= 0.3 is 0 Å². The number of amides is 1. The number of anilines is 1. The molecule has 1 heterocycles. The fourth-order valence-corrected chi connectivity index (χ4v) is 1.96. The van der Waals surface area contributed by atoms with E-state index in [1.54, 1.807) is 12.1 Å². The number of hydrazone groups is 1. The first-order chi connectivity index (χ1) is 11.6. The third-order valence-corrected chi connectivity index (χ3v) is 3.05. The van der Waals surface area contributed by atoms with Crippen LogP contribution < -0.4 is 25.4 Å². The number of nitrogens with one attached hydrogen (secondary N) is 1. The Kier molecular flexibility index (Phi) is 5.50. The number of benzene rings is 1. The van der Waals surface area contributed by atoms with E-state index in [2.05, 4.69) is 20.5 Å². The number of methoxy groups -OCH3 is 3. The van der Waals surface area contributed by atoms with E-state index < -0.39 is 5.91 Å². The minimum atomic E-state index is -0.573. The van der Waals surface area contributed by atoms with E-state index in [1.165, 1.54) is 39.9 Å². The maximum absolute atomic E-state index is 12.0. The van der Waals surface area contributed by atoms with Gasteiger partial charge in [-0.15, -0.1) is 0 Å². The van der Waals surface area contributed by atoms with Crippen LogP contribution in [0.15, 0.2) is 29.6 Å². The second-order valence-corrected chi connectivity index (χ2v) is 4.41. The number of aromatic nitrogens is 2. The van der Waals surface area contributed by atoms with Crippen LogP contribution in [0.3, 0.4) is 0 Å². The van der Waals surface area contributed by atoms with E-state index in [4.69, 9.17) is 19.9 Å². The first kappa shape index (κ1) is 17.0. The topological polar surface area (TPSA) is 121 Å². The highest BCUT2D eigenvalue weighted by atomic mass is 16.5. The van der Waals surface area contributed by atoms with E-state index >= 15 is 0 Å². The van der Waals surface area contributed by atoms with Crippen LogP contribution in [0.4, 0.5) is 5.82 Å². The van der Waals surface area contributed by atoms with Gasteiger partial charge in [0.1, 0.15) is 0 Å². The first-order valence-electron chi connectivity index (χ1n) is 6.81. The van der Waals surface area contributed by atoms with Crippen molar-refractivity contribution in [2.24, 2.45) is 5.10 Å². The molecule has 0 spiro atoms. The van der Waals surface area contributed by atoms with Gasteiger partial charge in [-0.05, 0) is 12.1 Å². The maximum atomic E-state index is 12.0. The molecule has 0 unspecified atom stereocenters.